The Kier molecular flexibility index (Phi) is 56.2. The summed E-state index contributed by atoms with van der Waals surface area (Å²) in [6, 6.07) is -0.531. The van der Waals surface area contributed by atoms with Gasteiger partial charge in [0.1, 0.15) is 0 Å². The summed E-state index contributed by atoms with van der Waals surface area (Å²) >= 11 is 0. The number of hydrogen-bond acceptors (Lipinski definition) is 3. The number of rotatable bonds is 57. The van der Waals surface area contributed by atoms with E-state index in [0.717, 1.165) is 25.7 Å². The van der Waals surface area contributed by atoms with Crippen LogP contribution < -0.4 is 5.32 Å². The van der Waals surface area contributed by atoms with Gasteiger partial charge in [0.05, 0.1) is 18.8 Å². The minimum Gasteiger partial charge on any atom is -0.394 e. The van der Waals surface area contributed by atoms with Crippen LogP contribution in [-0.2, 0) is 4.79 Å². The van der Waals surface area contributed by atoms with Gasteiger partial charge in [-0.05, 0) is 12.8 Å². The van der Waals surface area contributed by atoms with Crippen LogP contribution in [0.25, 0.3) is 0 Å². The van der Waals surface area contributed by atoms with Gasteiger partial charge in [-0.2, -0.15) is 0 Å². The average Bonchev–Trinajstić information content (AvgIpc) is 3.30. The third-order valence-electron chi connectivity index (χ3n) is 14.6. The van der Waals surface area contributed by atoms with E-state index in [2.05, 4.69) is 19.2 Å². The third kappa shape index (κ3) is 52.4. The van der Waals surface area contributed by atoms with E-state index in [9.17, 15) is 15.0 Å². The monoisotopic (exact) mass is 904 g/mol. The summed E-state index contributed by atoms with van der Waals surface area (Å²) in [7, 11) is 0. The molecule has 0 heterocycles. The molecule has 1 amide bonds. The lowest BCUT2D eigenvalue weighted by Crippen LogP contribution is -2.45. The zero-order valence-electron chi connectivity index (χ0n) is 44.3. The van der Waals surface area contributed by atoms with Crippen molar-refractivity contribution in [2.45, 2.75) is 373 Å². The fourth-order valence-corrected chi connectivity index (χ4v) is 10.0. The lowest BCUT2D eigenvalue weighted by atomic mass is 10.0. The van der Waals surface area contributed by atoms with Gasteiger partial charge in [0.15, 0.2) is 0 Å². The number of aliphatic hydroxyl groups is 2. The van der Waals surface area contributed by atoms with Crippen molar-refractivity contribution in [3.8, 4) is 0 Å². The molecule has 4 nitrogen and oxygen atoms in total. The summed E-state index contributed by atoms with van der Waals surface area (Å²) < 4.78 is 0. The Hall–Kier alpha value is -0.610. The lowest BCUT2D eigenvalue weighted by molar-refractivity contribution is -0.123. The predicted molar refractivity (Wildman–Crippen MR) is 286 cm³/mol. The van der Waals surface area contributed by atoms with E-state index in [4.69, 9.17) is 0 Å². The quantitative estimate of drug-likeness (QED) is 0.0533. The Morgan fingerprint density at radius 2 is 0.500 bits per heavy atom. The fourth-order valence-electron chi connectivity index (χ4n) is 10.0. The molecule has 2 atom stereocenters. The maximum atomic E-state index is 12.5. The van der Waals surface area contributed by atoms with Crippen molar-refractivity contribution < 1.29 is 15.0 Å². The highest BCUT2D eigenvalue weighted by Crippen LogP contribution is 2.19. The molecule has 64 heavy (non-hydrogen) atoms. The number of nitrogens with one attached hydrogen (secondary N) is 1. The molecule has 0 radical (unpaired) electrons. The van der Waals surface area contributed by atoms with Gasteiger partial charge in [-0.1, -0.05) is 341 Å². The first-order chi connectivity index (χ1) is 31.7. The second kappa shape index (κ2) is 56.7. The maximum Gasteiger partial charge on any atom is 0.220 e. The molecule has 0 aromatic heterocycles. The number of unbranched alkanes of at least 4 members (excludes halogenated alkanes) is 50. The first-order valence-corrected chi connectivity index (χ1v) is 30.2. The number of carbonyl (C=O) groups excluding carboxylic acids is 1. The summed E-state index contributed by atoms with van der Waals surface area (Å²) in [5, 5.41) is 23.3. The predicted octanol–water partition coefficient (Wildman–Crippen LogP) is 19.9. The van der Waals surface area contributed by atoms with Crippen LogP contribution in [0.1, 0.15) is 361 Å². The van der Waals surface area contributed by atoms with Gasteiger partial charge in [-0.25, -0.2) is 0 Å². The summed E-state index contributed by atoms with van der Waals surface area (Å²) in [6.07, 6.45) is 72.7. The van der Waals surface area contributed by atoms with Gasteiger partial charge in [-0.3, -0.25) is 4.79 Å². The standard InChI is InChI=1S/C60H121NO3/c1-3-5-7-9-11-13-15-17-19-20-21-22-23-24-25-26-27-28-29-30-31-32-33-34-35-36-37-38-39-40-42-44-46-48-50-52-54-56-60(64)61-58(57-62)59(63)55-53-51-49-47-45-43-41-18-16-14-12-10-8-6-4-2/h58-59,62-63H,3-57H2,1-2H3,(H,61,64). The second-order valence-electron chi connectivity index (χ2n) is 21.1. The molecule has 0 fully saturated rings. The van der Waals surface area contributed by atoms with Gasteiger partial charge >= 0.3 is 0 Å². The van der Waals surface area contributed by atoms with Gasteiger partial charge in [0.25, 0.3) is 0 Å². The first-order valence-electron chi connectivity index (χ1n) is 30.2. The Labute approximate surface area is 404 Å². The second-order valence-corrected chi connectivity index (χ2v) is 21.1. The van der Waals surface area contributed by atoms with E-state index >= 15 is 0 Å². The molecule has 0 saturated heterocycles. The molecule has 4 heteroatoms. The molecule has 0 saturated carbocycles. The molecule has 2 unspecified atom stereocenters. The van der Waals surface area contributed by atoms with Gasteiger partial charge in [0.2, 0.25) is 5.91 Å². The molecular formula is C60H121NO3. The summed E-state index contributed by atoms with van der Waals surface area (Å²) in [4.78, 5) is 12.5. The van der Waals surface area contributed by atoms with Crippen molar-refractivity contribution in [1.82, 2.24) is 5.32 Å². The molecule has 0 spiro atoms. The molecule has 384 valence electrons. The molecule has 0 aromatic rings. The topological polar surface area (TPSA) is 69.6 Å². The Morgan fingerprint density at radius 1 is 0.312 bits per heavy atom. The van der Waals surface area contributed by atoms with Crippen molar-refractivity contribution in [1.29, 1.82) is 0 Å². The Morgan fingerprint density at radius 3 is 0.703 bits per heavy atom. The van der Waals surface area contributed by atoms with E-state index in [1.807, 2.05) is 0 Å². The van der Waals surface area contributed by atoms with Crippen LogP contribution in [0.2, 0.25) is 0 Å². The molecule has 3 N–H and O–H groups in total. The minimum atomic E-state index is -0.654. The van der Waals surface area contributed by atoms with Crippen LogP contribution in [0.4, 0.5) is 0 Å². The molecule has 0 rings (SSSR count). The van der Waals surface area contributed by atoms with Gasteiger partial charge in [-0.15, -0.1) is 0 Å². The van der Waals surface area contributed by atoms with Crippen LogP contribution in [0, 0.1) is 0 Å². The van der Waals surface area contributed by atoms with E-state index in [-0.39, 0.29) is 12.5 Å². The van der Waals surface area contributed by atoms with E-state index < -0.39 is 12.1 Å². The largest absolute Gasteiger partial charge is 0.394 e. The van der Waals surface area contributed by atoms with Crippen LogP contribution >= 0.6 is 0 Å². The molecule has 0 aliphatic heterocycles. The SMILES string of the molecule is CCCCCCCCCCCCCCCCCCCCCCCCCCCCCCCCCCCCCCCC(=O)NC(CO)C(O)CCCCCCCCCCCCCCCCC. The molecule has 0 aliphatic rings. The van der Waals surface area contributed by atoms with Gasteiger partial charge in [0, 0.05) is 6.42 Å². The van der Waals surface area contributed by atoms with E-state index in [1.54, 1.807) is 0 Å². The minimum absolute atomic E-state index is 0.0223. The molecule has 0 aliphatic carbocycles. The van der Waals surface area contributed by atoms with Crippen LogP contribution in [0.3, 0.4) is 0 Å². The highest BCUT2D eigenvalue weighted by atomic mass is 16.3. The maximum absolute atomic E-state index is 12.5. The number of aliphatic hydroxyl groups excluding tert-OH is 2. The zero-order chi connectivity index (χ0) is 46.3. The number of carbonyl (C=O) groups is 1. The van der Waals surface area contributed by atoms with Crippen LogP contribution in [0.15, 0.2) is 0 Å². The molecule has 0 aromatic carbocycles. The fraction of sp³-hybridized carbons (Fsp3) is 0.983. The number of amides is 1. The smallest absolute Gasteiger partial charge is 0.220 e. The summed E-state index contributed by atoms with van der Waals surface area (Å²) in [5.74, 6) is -0.0223. The van der Waals surface area contributed by atoms with Gasteiger partial charge < -0.3 is 15.5 Å². The molecule has 0 bridgehead atoms. The van der Waals surface area contributed by atoms with Crippen molar-refractivity contribution in [3.63, 3.8) is 0 Å². The van der Waals surface area contributed by atoms with Crippen LogP contribution in [-0.4, -0.2) is 34.9 Å². The normalized spacial score (nSPS) is 12.6. The average molecular weight is 905 g/mol. The van der Waals surface area contributed by atoms with Crippen LogP contribution in [0.5, 0.6) is 0 Å². The highest BCUT2D eigenvalue weighted by Gasteiger charge is 2.20. The summed E-state index contributed by atoms with van der Waals surface area (Å²) in [5.41, 5.74) is 0. The van der Waals surface area contributed by atoms with E-state index in [1.165, 1.54) is 308 Å². The zero-order valence-corrected chi connectivity index (χ0v) is 44.3. The lowest BCUT2D eigenvalue weighted by Gasteiger charge is -2.22. The van der Waals surface area contributed by atoms with Crippen molar-refractivity contribution in [2.24, 2.45) is 0 Å². The summed E-state index contributed by atoms with van der Waals surface area (Å²) in [6.45, 7) is 4.40. The Balaban J connectivity index is 3.32. The molecular weight excluding hydrogens is 783 g/mol. The number of hydrogen-bond donors (Lipinski definition) is 3. The van der Waals surface area contributed by atoms with E-state index in [0.29, 0.717) is 12.8 Å². The van der Waals surface area contributed by atoms with Crippen molar-refractivity contribution in [2.75, 3.05) is 6.61 Å². The Bertz CT molecular complexity index is 849. The van der Waals surface area contributed by atoms with Crippen molar-refractivity contribution >= 4 is 5.91 Å². The van der Waals surface area contributed by atoms with Crippen molar-refractivity contribution in [3.05, 3.63) is 0 Å². The highest BCUT2D eigenvalue weighted by molar-refractivity contribution is 5.76. The first kappa shape index (κ1) is 63.4. The third-order valence-corrected chi connectivity index (χ3v) is 14.6.